The van der Waals surface area contributed by atoms with E-state index in [1.165, 1.54) is 11.8 Å². The minimum absolute atomic E-state index is 0.170. The molecule has 0 radical (unpaired) electrons. The van der Waals surface area contributed by atoms with Crippen molar-refractivity contribution in [3.63, 3.8) is 0 Å². The lowest BCUT2D eigenvalue weighted by Gasteiger charge is -2.27. The smallest absolute Gasteiger partial charge is 0.286 e. The second-order valence-electron chi connectivity index (χ2n) is 6.29. The lowest BCUT2D eigenvalue weighted by Crippen LogP contribution is -2.38. The van der Waals surface area contributed by atoms with Gasteiger partial charge in [0.25, 0.3) is 5.91 Å². The van der Waals surface area contributed by atoms with E-state index in [1.807, 2.05) is 42.5 Å². The fourth-order valence-electron chi connectivity index (χ4n) is 3.00. The molecule has 136 valence electrons. The van der Waals surface area contributed by atoms with Crippen LogP contribution in [0.2, 0.25) is 0 Å². The molecule has 0 unspecified atom stereocenters. The quantitative estimate of drug-likeness (QED) is 0.598. The molecule has 4 rings (SSSR count). The number of nitrogens with zero attached hydrogens (tertiary/aromatic N) is 2. The zero-order valence-electron chi connectivity index (χ0n) is 14.9. The van der Waals surface area contributed by atoms with E-state index in [4.69, 9.17) is 4.74 Å². The van der Waals surface area contributed by atoms with Crippen LogP contribution in [0, 0.1) is 0 Å². The summed E-state index contributed by atoms with van der Waals surface area (Å²) < 4.78 is 5.39. The lowest BCUT2D eigenvalue weighted by molar-refractivity contribution is -0.113. The number of ether oxygens (including phenoxy) is 1. The zero-order chi connectivity index (χ0) is 18.5. The van der Waals surface area contributed by atoms with E-state index >= 15 is 0 Å². The van der Waals surface area contributed by atoms with E-state index in [1.54, 1.807) is 0 Å². The van der Waals surface area contributed by atoms with Gasteiger partial charge in [0, 0.05) is 13.1 Å². The number of allylic oxidation sites excluding steroid dienone is 2. The normalized spacial score (nSPS) is 19.5. The fraction of sp³-hybridized carbons (Fsp3) is 0.182. The Morgan fingerprint density at radius 3 is 2.37 bits per heavy atom. The summed E-state index contributed by atoms with van der Waals surface area (Å²) in [7, 11) is 0. The van der Waals surface area contributed by atoms with Crippen LogP contribution in [0.25, 0.3) is 11.6 Å². The summed E-state index contributed by atoms with van der Waals surface area (Å²) in [6.45, 7) is 2.90. The van der Waals surface area contributed by atoms with Crippen molar-refractivity contribution in [1.29, 1.82) is 0 Å². The SMILES string of the molecule is O=C1N=C(N2CCOCC2)SC1=CC(=Cc1ccccc1)c1ccccc1. The topological polar surface area (TPSA) is 41.9 Å². The summed E-state index contributed by atoms with van der Waals surface area (Å²) in [5.74, 6) is -0.170. The molecule has 0 bridgehead atoms. The molecule has 5 heteroatoms. The van der Waals surface area contributed by atoms with Gasteiger partial charge in [-0.2, -0.15) is 4.99 Å². The Balaban J connectivity index is 1.64. The van der Waals surface area contributed by atoms with Gasteiger partial charge < -0.3 is 9.64 Å². The first-order valence-corrected chi connectivity index (χ1v) is 9.79. The predicted octanol–water partition coefficient (Wildman–Crippen LogP) is 4.07. The molecule has 1 fully saturated rings. The number of carbonyl (C=O) groups excluding carboxylic acids is 1. The molecular formula is C22H20N2O2S. The van der Waals surface area contributed by atoms with E-state index < -0.39 is 0 Å². The molecule has 2 aliphatic rings. The number of morpholine rings is 1. The highest BCUT2D eigenvalue weighted by molar-refractivity contribution is 8.18. The van der Waals surface area contributed by atoms with Gasteiger partial charge in [-0.05, 0) is 40.6 Å². The maximum absolute atomic E-state index is 12.5. The Morgan fingerprint density at radius 1 is 1.00 bits per heavy atom. The summed E-state index contributed by atoms with van der Waals surface area (Å²) in [5.41, 5.74) is 3.16. The number of amidine groups is 1. The average Bonchev–Trinajstić information content (AvgIpc) is 3.10. The number of benzene rings is 2. The number of hydrogen-bond acceptors (Lipinski definition) is 4. The Bertz CT molecular complexity index is 898. The van der Waals surface area contributed by atoms with E-state index in [2.05, 4.69) is 40.2 Å². The predicted molar refractivity (Wildman–Crippen MR) is 111 cm³/mol. The van der Waals surface area contributed by atoms with Crippen molar-refractivity contribution in [1.82, 2.24) is 4.90 Å². The van der Waals surface area contributed by atoms with Crippen LogP contribution in [0.5, 0.6) is 0 Å². The van der Waals surface area contributed by atoms with Gasteiger partial charge in [-0.25, -0.2) is 0 Å². The maximum atomic E-state index is 12.5. The maximum Gasteiger partial charge on any atom is 0.286 e. The molecule has 2 aliphatic heterocycles. The number of rotatable bonds is 3. The lowest BCUT2D eigenvalue weighted by atomic mass is 10.0. The van der Waals surface area contributed by atoms with E-state index in [0.717, 1.165) is 35.0 Å². The monoisotopic (exact) mass is 376 g/mol. The number of aliphatic imine (C=N–C) groups is 1. The second kappa shape index (κ2) is 8.37. The van der Waals surface area contributed by atoms with Gasteiger partial charge >= 0.3 is 0 Å². The van der Waals surface area contributed by atoms with Gasteiger partial charge in [0.2, 0.25) is 0 Å². The molecule has 0 saturated carbocycles. The first-order chi connectivity index (χ1) is 13.3. The zero-order valence-corrected chi connectivity index (χ0v) is 15.7. The van der Waals surface area contributed by atoms with Crippen LogP contribution in [0.15, 0.2) is 76.6 Å². The summed E-state index contributed by atoms with van der Waals surface area (Å²) >= 11 is 1.45. The highest BCUT2D eigenvalue weighted by Crippen LogP contribution is 2.32. The summed E-state index contributed by atoms with van der Waals surface area (Å²) in [6.07, 6.45) is 4.05. The molecule has 2 aromatic rings. The molecule has 0 N–H and O–H groups in total. The van der Waals surface area contributed by atoms with Crippen LogP contribution in [0.4, 0.5) is 0 Å². The van der Waals surface area contributed by atoms with E-state index in [0.29, 0.717) is 18.1 Å². The van der Waals surface area contributed by atoms with Gasteiger partial charge in [-0.3, -0.25) is 4.79 Å². The molecule has 1 saturated heterocycles. The van der Waals surface area contributed by atoms with Gasteiger partial charge in [0.15, 0.2) is 5.17 Å². The molecule has 0 atom stereocenters. The van der Waals surface area contributed by atoms with Crippen molar-refractivity contribution in [2.45, 2.75) is 0 Å². The van der Waals surface area contributed by atoms with Gasteiger partial charge in [0.1, 0.15) is 0 Å². The number of amides is 1. The molecule has 0 aliphatic carbocycles. The number of carbonyl (C=O) groups is 1. The molecule has 0 spiro atoms. The largest absolute Gasteiger partial charge is 0.378 e. The van der Waals surface area contributed by atoms with Crippen LogP contribution in [-0.4, -0.2) is 42.3 Å². The molecule has 2 heterocycles. The average molecular weight is 376 g/mol. The van der Waals surface area contributed by atoms with Crippen LogP contribution >= 0.6 is 11.8 Å². The molecule has 27 heavy (non-hydrogen) atoms. The van der Waals surface area contributed by atoms with Crippen molar-refractivity contribution < 1.29 is 9.53 Å². The van der Waals surface area contributed by atoms with Crippen molar-refractivity contribution in [2.75, 3.05) is 26.3 Å². The molecule has 1 amide bonds. The van der Waals surface area contributed by atoms with E-state index in [9.17, 15) is 4.79 Å². The third-order valence-corrected chi connectivity index (χ3v) is 5.45. The van der Waals surface area contributed by atoms with Crippen LogP contribution < -0.4 is 0 Å². The van der Waals surface area contributed by atoms with Gasteiger partial charge in [0.05, 0.1) is 18.1 Å². The second-order valence-corrected chi connectivity index (χ2v) is 7.30. The van der Waals surface area contributed by atoms with Gasteiger partial charge in [-0.1, -0.05) is 60.7 Å². The third-order valence-electron chi connectivity index (χ3n) is 4.41. The minimum atomic E-state index is -0.170. The van der Waals surface area contributed by atoms with Gasteiger partial charge in [-0.15, -0.1) is 0 Å². The van der Waals surface area contributed by atoms with Crippen molar-refractivity contribution in [3.05, 3.63) is 82.8 Å². The molecule has 0 aromatic heterocycles. The minimum Gasteiger partial charge on any atom is -0.378 e. The highest BCUT2D eigenvalue weighted by Gasteiger charge is 2.27. The summed E-state index contributed by atoms with van der Waals surface area (Å²) in [5, 5.41) is 0.779. The fourth-order valence-corrected chi connectivity index (χ4v) is 3.95. The first kappa shape index (κ1) is 17.8. The van der Waals surface area contributed by atoms with Crippen molar-refractivity contribution >= 4 is 34.5 Å². The van der Waals surface area contributed by atoms with Crippen LogP contribution in [0.3, 0.4) is 0 Å². The Labute approximate surface area is 163 Å². The highest BCUT2D eigenvalue weighted by atomic mass is 32.2. The van der Waals surface area contributed by atoms with Crippen molar-refractivity contribution in [2.24, 2.45) is 4.99 Å². The summed E-state index contributed by atoms with van der Waals surface area (Å²) in [6, 6.07) is 20.2. The molecule has 2 aromatic carbocycles. The Kier molecular flexibility index (Phi) is 5.51. The summed E-state index contributed by atoms with van der Waals surface area (Å²) in [4.78, 5) is 19.5. The van der Waals surface area contributed by atoms with Crippen molar-refractivity contribution in [3.8, 4) is 0 Å². The first-order valence-electron chi connectivity index (χ1n) is 8.97. The molecule has 4 nitrogen and oxygen atoms in total. The molecular weight excluding hydrogens is 356 g/mol. The van der Waals surface area contributed by atoms with Crippen LogP contribution in [0.1, 0.15) is 11.1 Å². The number of thioether (sulfide) groups is 1. The Morgan fingerprint density at radius 2 is 1.67 bits per heavy atom. The standard InChI is InChI=1S/C22H20N2O2S/c25-21-20(27-22(23-21)24-11-13-26-14-12-24)16-19(18-9-5-2-6-10-18)15-17-7-3-1-4-8-17/h1-10,15-16H,11-14H2. The Hall–Kier alpha value is -2.63. The van der Waals surface area contributed by atoms with Crippen LogP contribution in [-0.2, 0) is 9.53 Å². The van der Waals surface area contributed by atoms with E-state index in [-0.39, 0.29) is 5.91 Å². The third kappa shape index (κ3) is 4.38. The number of hydrogen-bond donors (Lipinski definition) is 0.